The van der Waals surface area contributed by atoms with Gasteiger partial charge in [-0.25, -0.2) is 4.39 Å². The van der Waals surface area contributed by atoms with E-state index in [0.29, 0.717) is 26.2 Å². The highest BCUT2D eigenvalue weighted by molar-refractivity contribution is 5.78. The number of hydrogen-bond donors (Lipinski definition) is 0. The molecule has 0 spiro atoms. The smallest absolute Gasteiger partial charge is 0.260 e. The van der Waals surface area contributed by atoms with Crippen LogP contribution in [-0.2, 0) is 16.0 Å². The second-order valence-corrected chi connectivity index (χ2v) is 5.77. The predicted octanol–water partition coefficient (Wildman–Crippen LogP) is 1.85. The minimum Gasteiger partial charge on any atom is -0.481 e. The number of rotatable bonds is 6. The lowest BCUT2D eigenvalue weighted by atomic mass is 10.1. The number of aromatic nitrogens is 2. The van der Waals surface area contributed by atoms with Crippen molar-refractivity contribution in [2.24, 2.45) is 0 Å². The maximum Gasteiger partial charge on any atom is 0.260 e. The molecule has 7 heteroatoms. The number of nitrogens with zero attached hydrogens (tertiary/aromatic N) is 3. The van der Waals surface area contributed by atoms with Gasteiger partial charge in [0.05, 0.1) is 24.9 Å². The first-order valence-electron chi connectivity index (χ1n) is 8.23. The van der Waals surface area contributed by atoms with Gasteiger partial charge in [-0.05, 0) is 25.0 Å². The summed E-state index contributed by atoms with van der Waals surface area (Å²) < 4.78 is 24.4. The largest absolute Gasteiger partial charge is 0.481 e. The molecule has 1 atom stereocenters. The van der Waals surface area contributed by atoms with Crippen molar-refractivity contribution < 1.29 is 18.7 Å². The quantitative estimate of drug-likeness (QED) is 0.799. The Labute approximate surface area is 145 Å². The first-order valence-corrected chi connectivity index (χ1v) is 8.23. The molecule has 0 saturated carbocycles. The first kappa shape index (κ1) is 17.3. The summed E-state index contributed by atoms with van der Waals surface area (Å²) in [6.45, 7) is 1.28. The van der Waals surface area contributed by atoms with Gasteiger partial charge in [0.15, 0.2) is 18.2 Å². The summed E-state index contributed by atoms with van der Waals surface area (Å²) in [4.78, 5) is 22.5. The van der Waals surface area contributed by atoms with E-state index in [9.17, 15) is 9.18 Å². The monoisotopic (exact) mass is 345 g/mol. The summed E-state index contributed by atoms with van der Waals surface area (Å²) in [6, 6.07) is 6.01. The van der Waals surface area contributed by atoms with Crippen LogP contribution in [0.5, 0.6) is 5.75 Å². The highest BCUT2D eigenvalue weighted by Gasteiger charge is 2.27. The van der Waals surface area contributed by atoms with Crippen LogP contribution in [0, 0.1) is 5.82 Å². The zero-order chi connectivity index (χ0) is 17.5. The van der Waals surface area contributed by atoms with Crippen LogP contribution in [0.2, 0.25) is 0 Å². The number of amides is 1. The Morgan fingerprint density at radius 3 is 3.04 bits per heavy atom. The van der Waals surface area contributed by atoms with Gasteiger partial charge in [-0.2, -0.15) is 0 Å². The van der Waals surface area contributed by atoms with Crippen LogP contribution in [-0.4, -0.2) is 53.2 Å². The minimum absolute atomic E-state index is 0.0486. The normalized spacial score (nSPS) is 17.3. The molecule has 3 rings (SSSR count). The Hall–Kier alpha value is -2.54. The summed E-state index contributed by atoms with van der Waals surface area (Å²) in [5.74, 6) is -0.563. The molecule has 0 N–H and O–H groups in total. The van der Waals surface area contributed by atoms with E-state index in [-0.39, 0.29) is 24.3 Å². The molecule has 1 aliphatic heterocycles. The minimum atomic E-state index is -0.475. The first-order chi connectivity index (χ1) is 12.2. The van der Waals surface area contributed by atoms with Crippen molar-refractivity contribution in [1.82, 2.24) is 14.9 Å². The summed E-state index contributed by atoms with van der Waals surface area (Å²) >= 11 is 0. The Morgan fingerprint density at radius 1 is 1.36 bits per heavy atom. The molecular formula is C18H20FN3O3. The molecule has 1 saturated heterocycles. The van der Waals surface area contributed by atoms with E-state index in [4.69, 9.17) is 9.47 Å². The van der Waals surface area contributed by atoms with Crippen LogP contribution >= 0.6 is 0 Å². The molecule has 0 aliphatic carbocycles. The molecule has 0 radical (unpaired) electrons. The second kappa shape index (κ2) is 8.53. The maximum atomic E-state index is 13.6. The molecule has 25 heavy (non-hydrogen) atoms. The molecule has 0 bridgehead atoms. The summed E-state index contributed by atoms with van der Waals surface area (Å²) in [6.07, 6.45) is 6.43. The highest BCUT2D eigenvalue weighted by atomic mass is 19.1. The molecule has 6 nitrogen and oxygen atoms in total. The molecule has 2 heterocycles. The van der Waals surface area contributed by atoms with E-state index < -0.39 is 5.82 Å². The van der Waals surface area contributed by atoms with Gasteiger partial charge in [-0.1, -0.05) is 12.1 Å². The van der Waals surface area contributed by atoms with Crippen molar-refractivity contribution in [2.45, 2.75) is 18.9 Å². The molecular weight excluding hydrogens is 325 g/mol. The number of ether oxygens (including phenoxy) is 2. The maximum absolute atomic E-state index is 13.6. The highest BCUT2D eigenvalue weighted by Crippen LogP contribution is 2.17. The number of morpholine rings is 1. The van der Waals surface area contributed by atoms with Crippen LogP contribution in [0.4, 0.5) is 4.39 Å². The third-order valence-corrected chi connectivity index (χ3v) is 4.09. The molecule has 132 valence electrons. The zero-order valence-electron chi connectivity index (χ0n) is 13.8. The summed E-state index contributed by atoms with van der Waals surface area (Å²) in [7, 11) is 0. The average molecular weight is 345 g/mol. The fourth-order valence-electron chi connectivity index (χ4n) is 2.78. The lowest BCUT2D eigenvalue weighted by Gasteiger charge is -2.35. The number of para-hydroxylation sites is 1. The molecule has 1 fully saturated rings. The van der Waals surface area contributed by atoms with E-state index in [2.05, 4.69) is 9.97 Å². The number of carbonyl (C=O) groups is 1. The number of carbonyl (C=O) groups excluding carboxylic acids is 1. The topological polar surface area (TPSA) is 64.5 Å². The molecule has 1 aromatic carbocycles. The van der Waals surface area contributed by atoms with Crippen LogP contribution < -0.4 is 4.74 Å². The standard InChI is InChI=1S/C18H20FN3O3/c19-16-3-1-2-4-17(16)25-13-18(23)22-9-10-24-12-15(22)6-5-14-11-20-7-8-21-14/h1-4,7-8,11,15H,5-6,9-10,12-13H2/t15-/m0/s1. The van der Waals surface area contributed by atoms with Crippen LogP contribution in [0.25, 0.3) is 0 Å². The van der Waals surface area contributed by atoms with Gasteiger partial charge in [-0.3, -0.25) is 14.8 Å². The molecule has 1 amide bonds. The van der Waals surface area contributed by atoms with Crippen molar-refractivity contribution in [1.29, 1.82) is 0 Å². The zero-order valence-corrected chi connectivity index (χ0v) is 13.8. The molecule has 0 unspecified atom stereocenters. The van der Waals surface area contributed by atoms with Gasteiger partial charge in [-0.15, -0.1) is 0 Å². The lowest BCUT2D eigenvalue weighted by molar-refractivity contribution is -0.142. The number of aryl methyl sites for hydroxylation is 1. The summed E-state index contributed by atoms with van der Waals surface area (Å²) in [5.41, 5.74) is 0.878. The Bertz CT molecular complexity index is 699. The molecule has 1 aliphatic rings. The fourth-order valence-corrected chi connectivity index (χ4v) is 2.78. The van der Waals surface area contributed by atoms with E-state index in [1.165, 1.54) is 12.1 Å². The van der Waals surface area contributed by atoms with Crippen LogP contribution in [0.1, 0.15) is 12.1 Å². The van der Waals surface area contributed by atoms with Gasteiger partial charge in [0.1, 0.15) is 0 Å². The van der Waals surface area contributed by atoms with E-state index in [1.807, 2.05) is 0 Å². The molecule has 2 aromatic rings. The third-order valence-electron chi connectivity index (χ3n) is 4.09. The van der Waals surface area contributed by atoms with Crippen molar-refractivity contribution in [3.63, 3.8) is 0 Å². The second-order valence-electron chi connectivity index (χ2n) is 5.77. The van der Waals surface area contributed by atoms with Gasteiger partial charge in [0, 0.05) is 25.1 Å². The Kier molecular flexibility index (Phi) is 5.90. The van der Waals surface area contributed by atoms with Crippen molar-refractivity contribution in [2.75, 3.05) is 26.4 Å². The van der Waals surface area contributed by atoms with Crippen LogP contribution in [0.3, 0.4) is 0 Å². The van der Waals surface area contributed by atoms with Crippen LogP contribution in [0.15, 0.2) is 42.9 Å². The number of hydrogen-bond acceptors (Lipinski definition) is 5. The lowest BCUT2D eigenvalue weighted by Crippen LogP contribution is -2.50. The third kappa shape index (κ3) is 4.73. The van der Waals surface area contributed by atoms with Gasteiger partial charge < -0.3 is 14.4 Å². The van der Waals surface area contributed by atoms with Gasteiger partial charge in [0.25, 0.3) is 5.91 Å². The van der Waals surface area contributed by atoms with Crippen molar-refractivity contribution in [3.8, 4) is 5.75 Å². The van der Waals surface area contributed by atoms with Crippen molar-refractivity contribution in [3.05, 3.63) is 54.4 Å². The number of halogens is 1. The Morgan fingerprint density at radius 2 is 2.24 bits per heavy atom. The Balaban J connectivity index is 1.56. The van der Waals surface area contributed by atoms with Crippen molar-refractivity contribution >= 4 is 5.91 Å². The predicted molar refractivity (Wildman–Crippen MR) is 88.6 cm³/mol. The SMILES string of the molecule is O=C(COc1ccccc1F)N1CCOC[C@@H]1CCc1cnccn1. The molecule has 1 aromatic heterocycles. The van der Waals surface area contributed by atoms with Gasteiger partial charge >= 0.3 is 0 Å². The summed E-state index contributed by atoms with van der Waals surface area (Å²) in [5, 5.41) is 0. The van der Waals surface area contributed by atoms with Gasteiger partial charge in [0.2, 0.25) is 0 Å². The van der Waals surface area contributed by atoms with E-state index >= 15 is 0 Å². The average Bonchev–Trinajstić information content (AvgIpc) is 2.66. The van der Waals surface area contributed by atoms with E-state index in [0.717, 1.165) is 12.1 Å². The van der Waals surface area contributed by atoms with E-state index in [1.54, 1.807) is 35.6 Å². The number of benzene rings is 1. The fraction of sp³-hybridized carbons (Fsp3) is 0.389.